The van der Waals surface area contributed by atoms with Gasteiger partial charge in [-0.05, 0) is 19.8 Å². The van der Waals surface area contributed by atoms with E-state index in [9.17, 15) is 9.18 Å². The number of rotatable bonds is 3. The third-order valence-electron chi connectivity index (χ3n) is 1.95. The van der Waals surface area contributed by atoms with Crippen molar-refractivity contribution in [2.24, 2.45) is 5.92 Å². The number of hydrogen-bond donors (Lipinski definition) is 0. The van der Waals surface area contributed by atoms with Gasteiger partial charge in [-0.15, -0.1) is 0 Å². The van der Waals surface area contributed by atoms with Gasteiger partial charge in [0.15, 0.2) is 0 Å². The molecular weight excluding hydrogens is 155 g/mol. The zero-order chi connectivity index (χ0) is 10.2. The first-order valence-electron chi connectivity index (χ1n) is 4.52. The molecule has 0 aromatic carbocycles. The van der Waals surface area contributed by atoms with E-state index < -0.39 is 5.67 Å². The Labute approximate surface area is 75.4 Å². The van der Waals surface area contributed by atoms with Crippen molar-refractivity contribution in [1.29, 1.82) is 0 Å². The molecule has 2 heteroatoms. The lowest BCUT2D eigenvalue weighted by Gasteiger charge is -2.20. The van der Waals surface area contributed by atoms with Gasteiger partial charge in [-0.1, -0.05) is 27.2 Å². The van der Waals surface area contributed by atoms with Crippen LogP contribution in [0.1, 0.15) is 47.5 Å². The molecule has 12 heavy (non-hydrogen) atoms. The Bertz CT molecular complexity index is 105. The number of carbonyl (C=O) groups is 1. The molecule has 0 aliphatic rings. The molecule has 0 fully saturated rings. The van der Waals surface area contributed by atoms with E-state index >= 15 is 0 Å². The second-order valence-electron chi connectivity index (χ2n) is 3.45. The van der Waals surface area contributed by atoms with E-state index in [-0.39, 0.29) is 5.92 Å². The standard InChI is InChI=1S/C7H15F.C3H6O/c1-5-6(2)7(3,4)8;1-2-3-4/h6H,5H2,1-4H3;3H,2H2,1H3. The van der Waals surface area contributed by atoms with Crippen LogP contribution < -0.4 is 0 Å². The fourth-order valence-corrected chi connectivity index (χ4v) is 0.485. The maximum atomic E-state index is 12.8. The Morgan fingerprint density at radius 2 is 1.75 bits per heavy atom. The number of halogens is 1. The van der Waals surface area contributed by atoms with Crippen molar-refractivity contribution in [2.75, 3.05) is 0 Å². The Morgan fingerprint density at radius 1 is 1.42 bits per heavy atom. The van der Waals surface area contributed by atoms with E-state index in [0.717, 1.165) is 12.7 Å². The van der Waals surface area contributed by atoms with Gasteiger partial charge in [0.1, 0.15) is 12.0 Å². The van der Waals surface area contributed by atoms with E-state index in [2.05, 4.69) is 0 Å². The predicted molar refractivity (Wildman–Crippen MR) is 51.0 cm³/mol. The molecule has 1 atom stereocenters. The maximum absolute atomic E-state index is 12.8. The summed E-state index contributed by atoms with van der Waals surface area (Å²) in [6.07, 6.45) is 2.43. The zero-order valence-electron chi connectivity index (χ0n) is 8.86. The van der Waals surface area contributed by atoms with Crippen LogP contribution >= 0.6 is 0 Å². The lowest BCUT2D eigenvalue weighted by Crippen LogP contribution is -2.21. The first-order chi connectivity index (χ1) is 5.40. The van der Waals surface area contributed by atoms with Gasteiger partial charge in [0, 0.05) is 6.42 Å². The first-order valence-corrected chi connectivity index (χ1v) is 4.52. The highest BCUT2D eigenvalue weighted by atomic mass is 19.1. The molecule has 1 unspecified atom stereocenters. The van der Waals surface area contributed by atoms with Crippen molar-refractivity contribution in [3.63, 3.8) is 0 Å². The summed E-state index contributed by atoms with van der Waals surface area (Å²) in [7, 11) is 0. The van der Waals surface area contributed by atoms with Crippen LogP contribution in [0.2, 0.25) is 0 Å². The summed E-state index contributed by atoms with van der Waals surface area (Å²) in [6.45, 7) is 9.00. The minimum atomic E-state index is -0.991. The van der Waals surface area contributed by atoms with E-state index in [1.54, 1.807) is 13.8 Å². The predicted octanol–water partition coefficient (Wildman–Crippen LogP) is 3.38. The molecule has 0 saturated heterocycles. The second kappa shape index (κ2) is 7.26. The van der Waals surface area contributed by atoms with Gasteiger partial charge < -0.3 is 4.79 Å². The fraction of sp³-hybridized carbons (Fsp3) is 0.900. The zero-order valence-corrected chi connectivity index (χ0v) is 8.86. The highest BCUT2D eigenvalue weighted by Gasteiger charge is 2.22. The molecule has 0 aliphatic heterocycles. The molecule has 0 saturated carbocycles. The topological polar surface area (TPSA) is 17.1 Å². The lowest BCUT2D eigenvalue weighted by atomic mass is 9.93. The van der Waals surface area contributed by atoms with E-state index in [4.69, 9.17) is 0 Å². The Hall–Kier alpha value is -0.400. The van der Waals surface area contributed by atoms with Crippen LogP contribution in [-0.2, 0) is 4.79 Å². The van der Waals surface area contributed by atoms with Crippen LogP contribution in [0.3, 0.4) is 0 Å². The largest absolute Gasteiger partial charge is 0.303 e. The fourth-order valence-electron chi connectivity index (χ4n) is 0.485. The summed E-state index contributed by atoms with van der Waals surface area (Å²) in [5, 5.41) is 0. The Balaban J connectivity index is 0. The quantitative estimate of drug-likeness (QED) is 0.602. The van der Waals surface area contributed by atoms with Crippen LogP contribution in [0.4, 0.5) is 4.39 Å². The summed E-state index contributed by atoms with van der Waals surface area (Å²) in [5.41, 5.74) is -0.991. The molecule has 1 nitrogen and oxygen atoms in total. The van der Waals surface area contributed by atoms with Crippen LogP contribution in [0, 0.1) is 5.92 Å². The second-order valence-corrected chi connectivity index (χ2v) is 3.45. The first kappa shape index (κ1) is 14.1. The summed E-state index contributed by atoms with van der Waals surface area (Å²) in [6, 6.07) is 0. The van der Waals surface area contributed by atoms with Gasteiger partial charge >= 0.3 is 0 Å². The molecule has 0 aliphatic carbocycles. The van der Waals surface area contributed by atoms with Crippen LogP contribution in [0.25, 0.3) is 0 Å². The van der Waals surface area contributed by atoms with Crippen LogP contribution in [0.5, 0.6) is 0 Å². The van der Waals surface area contributed by atoms with Crippen molar-refractivity contribution < 1.29 is 9.18 Å². The third kappa shape index (κ3) is 9.60. The molecule has 0 amide bonds. The summed E-state index contributed by atoms with van der Waals surface area (Å²) < 4.78 is 12.8. The minimum absolute atomic E-state index is 0.183. The average Bonchev–Trinajstić information content (AvgIpc) is 2.02. The molecule has 0 radical (unpaired) electrons. The van der Waals surface area contributed by atoms with E-state index in [1.165, 1.54) is 0 Å². The number of carbonyl (C=O) groups excluding carboxylic acids is 1. The summed E-state index contributed by atoms with van der Waals surface area (Å²) in [5.74, 6) is 0.183. The Kier molecular flexibility index (Phi) is 8.56. The van der Waals surface area contributed by atoms with Gasteiger partial charge in [0.25, 0.3) is 0 Å². The molecule has 74 valence electrons. The SMILES string of the molecule is CCC(C)C(C)(C)F.CCC=O. The summed E-state index contributed by atoms with van der Waals surface area (Å²) in [4.78, 5) is 9.17. The van der Waals surface area contributed by atoms with E-state index in [1.807, 2.05) is 20.8 Å². The lowest BCUT2D eigenvalue weighted by molar-refractivity contribution is -0.107. The number of alkyl halides is 1. The molecule has 0 heterocycles. The van der Waals surface area contributed by atoms with Crippen LogP contribution in [-0.4, -0.2) is 12.0 Å². The Morgan fingerprint density at radius 3 is 1.75 bits per heavy atom. The maximum Gasteiger partial charge on any atom is 0.119 e. The number of aldehydes is 1. The van der Waals surface area contributed by atoms with Crippen molar-refractivity contribution in [3.05, 3.63) is 0 Å². The van der Waals surface area contributed by atoms with Crippen molar-refractivity contribution in [3.8, 4) is 0 Å². The van der Waals surface area contributed by atoms with Crippen molar-refractivity contribution in [2.45, 2.75) is 53.1 Å². The minimum Gasteiger partial charge on any atom is -0.303 e. The normalized spacial score (nSPS) is 12.8. The van der Waals surface area contributed by atoms with Gasteiger partial charge in [0.2, 0.25) is 0 Å². The molecule has 0 spiro atoms. The van der Waals surface area contributed by atoms with Crippen molar-refractivity contribution >= 4 is 6.29 Å². The van der Waals surface area contributed by atoms with Gasteiger partial charge in [-0.2, -0.15) is 0 Å². The van der Waals surface area contributed by atoms with E-state index in [0.29, 0.717) is 6.42 Å². The highest BCUT2D eigenvalue weighted by Crippen LogP contribution is 2.22. The van der Waals surface area contributed by atoms with Gasteiger partial charge in [0.05, 0.1) is 0 Å². The summed E-state index contributed by atoms with van der Waals surface area (Å²) >= 11 is 0. The number of hydrogen-bond acceptors (Lipinski definition) is 1. The molecule has 0 bridgehead atoms. The van der Waals surface area contributed by atoms with Gasteiger partial charge in [-0.3, -0.25) is 0 Å². The van der Waals surface area contributed by atoms with Crippen LogP contribution in [0.15, 0.2) is 0 Å². The molecule has 0 N–H and O–H groups in total. The highest BCUT2D eigenvalue weighted by molar-refractivity contribution is 5.48. The molecule has 0 rings (SSSR count). The average molecular weight is 176 g/mol. The van der Waals surface area contributed by atoms with Gasteiger partial charge in [-0.25, -0.2) is 4.39 Å². The third-order valence-corrected chi connectivity index (χ3v) is 1.95. The van der Waals surface area contributed by atoms with Crippen molar-refractivity contribution in [1.82, 2.24) is 0 Å². The molecule has 0 aromatic heterocycles. The smallest absolute Gasteiger partial charge is 0.119 e. The molecular formula is C10H21FO. The molecule has 0 aromatic rings. The monoisotopic (exact) mass is 176 g/mol.